The number of nitrogens with zero attached hydrogens (tertiary/aromatic N) is 3. The van der Waals surface area contributed by atoms with Crippen LogP contribution in [0.1, 0.15) is 0 Å². The van der Waals surface area contributed by atoms with Crippen molar-refractivity contribution in [3.05, 3.63) is 176 Å². The SMILES string of the molecule is c1ccc(-c2nc(-c3ccccc3)nc(-c3ccc4c(c3)oc3cccc(-c5ccc(-c6ccc7c(c6)sc6ccccc67)c6c5sc5ccccc56)c34)n2)cc1. The van der Waals surface area contributed by atoms with Crippen molar-refractivity contribution in [1.29, 1.82) is 0 Å². The molecule has 0 unspecified atom stereocenters. The molecule has 0 radical (unpaired) electrons. The predicted octanol–water partition coefficient (Wildman–Crippen LogP) is 14.8. The Labute approximate surface area is 335 Å². The summed E-state index contributed by atoms with van der Waals surface area (Å²) in [5, 5.41) is 7.36. The van der Waals surface area contributed by atoms with Crippen molar-refractivity contribution in [2.24, 2.45) is 0 Å². The number of aromatic nitrogens is 3. The maximum absolute atomic E-state index is 6.67. The van der Waals surface area contributed by atoms with Gasteiger partial charge in [-0.15, -0.1) is 22.7 Å². The van der Waals surface area contributed by atoms with E-state index in [4.69, 9.17) is 19.4 Å². The van der Waals surface area contributed by atoms with Crippen LogP contribution in [0.4, 0.5) is 0 Å². The van der Waals surface area contributed by atoms with Gasteiger partial charge in [-0.25, -0.2) is 15.0 Å². The van der Waals surface area contributed by atoms with Crippen molar-refractivity contribution in [3.63, 3.8) is 0 Å². The van der Waals surface area contributed by atoms with Crippen molar-refractivity contribution in [1.82, 2.24) is 15.0 Å². The maximum atomic E-state index is 6.67. The zero-order valence-electron chi connectivity index (χ0n) is 30.3. The summed E-state index contributed by atoms with van der Waals surface area (Å²) in [7, 11) is 0. The lowest BCUT2D eigenvalue weighted by Crippen LogP contribution is -2.00. The molecule has 4 nitrogen and oxygen atoms in total. The zero-order valence-corrected chi connectivity index (χ0v) is 31.9. The quantitative estimate of drug-likeness (QED) is 0.175. The second kappa shape index (κ2) is 12.8. The summed E-state index contributed by atoms with van der Waals surface area (Å²) >= 11 is 3.73. The van der Waals surface area contributed by atoms with E-state index in [0.717, 1.165) is 44.2 Å². The van der Waals surface area contributed by atoms with Gasteiger partial charge < -0.3 is 4.42 Å². The van der Waals surface area contributed by atoms with Gasteiger partial charge in [-0.2, -0.15) is 0 Å². The standard InChI is InChI=1S/C51H29N3OS2/c1-3-12-30(13-4-1)49-52-50(31-14-5-2-6-15-31)54-51(53-49)33-23-25-39-42(28-33)55-41-19-11-18-37(46(39)41)38-27-26-34(47-40-17-8-10-21-44(40)57-48(38)47)32-22-24-36-35-16-7-9-20-43(35)56-45(36)29-32/h1-29H. The molecule has 0 amide bonds. The normalized spacial score (nSPS) is 11.9. The Hall–Kier alpha value is -6.99. The van der Waals surface area contributed by atoms with Crippen molar-refractivity contribution in [2.45, 2.75) is 0 Å². The summed E-state index contributed by atoms with van der Waals surface area (Å²) < 4.78 is 11.9. The van der Waals surface area contributed by atoms with E-state index >= 15 is 0 Å². The molecule has 266 valence electrons. The van der Waals surface area contributed by atoms with E-state index in [1.54, 1.807) is 0 Å². The Bertz CT molecular complexity index is 3470. The van der Waals surface area contributed by atoms with Crippen molar-refractivity contribution < 1.29 is 4.42 Å². The Morgan fingerprint density at radius 2 is 0.930 bits per heavy atom. The van der Waals surface area contributed by atoms with E-state index in [9.17, 15) is 0 Å². The first kappa shape index (κ1) is 32.3. The maximum Gasteiger partial charge on any atom is 0.164 e. The molecule has 0 fully saturated rings. The minimum absolute atomic E-state index is 0.599. The van der Waals surface area contributed by atoms with Gasteiger partial charge >= 0.3 is 0 Å². The number of rotatable bonds is 5. The fourth-order valence-corrected chi connectivity index (χ4v) is 10.7. The summed E-state index contributed by atoms with van der Waals surface area (Å²) in [6, 6.07) is 62.0. The highest BCUT2D eigenvalue weighted by atomic mass is 32.1. The van der Waals surface area contributed by atoms with Crippen LogP contribution in [0.15, 0.2) is 180 Å². The third-order valence-corrected chi connectivity index (χ3v) is 13.3. The van der Waals surface area contributed by atoms with Gasteiger partial charge in [-0.3, -0.25) is 0 Å². The number of benzene rings is 8. The summed E-state index contributed by atoms with van der Waals surface area (Å²) in [5.74, 6) is 1.86. The van der Waals surface area contributed by atoms with Crippen LogP contribution in [-0.2, 0) is 0 Å². The first-order chi connectivity index (χ1) is 28.2. The highest BCUT2D eigenvalue weighted by Crippen LogP contribution is 2.48. The average Bonchev–Trinajstić information content (AvgIpc) is 3.97. The second-order valence-corrected chi connectivity index (χ2v) is 16.4. The molecule has 12 rings (SSSR count). The number of fused-ring (bicyclic) bond motifs is 9. The van der Waals surface area contributed by atoms with E-state index in [1.807, 2.05) is 83.3 Å². The van der Waals surface area contributed by atoms with E-state index in [1.165, 1.54) is 57.0 Å². The van der Waals surface area contributed by atoms with E-state index in [-0.39, 0.29) is 0 Å². The molecule has 57 heavy (non-hydrogen) atoms. The van der Waals surface area contributed by atoms with Crippen LogP contribution in [0.2, 0.25) is 0 Å². The lowest BCUT2D eigenvalue weighted by Gasteiger charge is -2.11. The average molecular weight is 764 g/mol. The molecule has 0 aliphatic rings. The van der Waals surface area contributed by atoms with Crippen LogP contribution in [0.3, 0.4) is 0 Å². The molecule has 0 spiro atoms. The molecule has 4 heterocycles. The van der Waals surface area contributed by atoms with Gasteiger partial charge in [0, 0.05) is 73.4 Å². The summed E-state index contributed by atoms with van der Waals surface area (Å²) in [6.45, 7) is 0. The highest BCUT2D eigenvalue weighted by molar-refractivity contribution is 7.26. The summed E-state index contributed by atoms with van der Waals surface area (Å²) in [5.41, 5.74) is 9.22. The Morgan fingerprint density at radius 1 is 0.333 bits per heavy atom. The number of hydrogen-bond acceptors (Lipinski definition) is 6. The summed E-state index contributed by atoms with van der Waals surface area (Å²) in [4.78, 5) is 14.8. The minimum Gasteiger partial charge on any atom is -0.456 e. The van der Waals surface area contributed by atoms with Crippen LogP contribution in [0, 0.1) is 0 Å². The third kappa shape index (κ3) is 5.22. The largest absolute Gasteiger partial charge is 0.456 e. The van der Waals surface area contributed by atoms with Crippen LogP contribution in [0.5, 0.6) is 0 Å². The monoisotopic (exact) mass is 763 g/mol. The molecule has 6 heteroatoms. The van der Waals surface area contributed by atoms with Gasteiger partial charge in [0.1, 0.15) is 11.2 Å². The van der Waals surface area contributed by atoms with Crippen molar-refractivity contribution in [2.75, 3.05) is 0 Å². The lowest BCUT2D eigenvalue weighted by molar-refractivity contribution is 0.669. The van der Waals surface area contributed by atoms with E-state index < -0.39 is 0 Å². The Morgan fingerprint density at radius 3 is 1.68 bits per heavy atom. The van der Waals surface area contributed by atoms with Gasteiger partial charge in [0.15, 0.2) is 17.5 Å². The first-order valence-corrected chi connectivity index (χ1v) is 20.6. The minimum atomic E-state index is 0.599. The lowest BCUT2D eigenvalue weighted by atomic mass is 9.93. The molecule has 0 saturated carbocycles. The summed E-state index contributed by atoms with van der Waals surface area (Å²) in [6.07, 6.45) is 0. The van der Waals surface area contributed by atoms with Crippen LogP contribution in [0.25, 0.3) is 119 Å². The Balaban J connectivity index is 1.03. The molecular weight excluding hydrogens is 735 g/mol. The van der Waals surface area contributed by atoms with Gasteiger partial charge in [-0.05, 0) is 53.1 Å². The highest BCUT2D eigenvalue weighted by Gasteiger charge is 2.21. The molecule has 12 aromatic rings. The molecule has 0 aliphatic carbocycles. The number of furan rings is 1. The van der Waals surface area contributed by atoms with E-state index in [0.29, 0.717) is 17.5 Å². The molecule has 8 aromatic carbocycles. The van der Waals surface area contributed by atoms with Gasteiger partial charge in [0.2, 0.25) is 0 Å². The predicted molar refractivity (Wildman–Crippen MR) is 240 cm³/mol. The smallest absolute Gasteiger partial charge is 0.164 e. The third-order valence-electron chi connectivity index (χ3n) is 11.0. The molecular formula is C51H29N3OS2. The topological polar surface area (TPSA) is 51.8 Å². The molecule has 0 saturated heterocycles. The fraction of sp³-hybridized carbons (Fsp3) is 0. The fourth-order valence-electron chi connectivity index (χ4n) is 8.30. The second-order valence-electron chi connectivity index (χ2n) is 14.3. The number of hydrogen-bond donors (Lipinski definition) is 0. The Kier molecular flexibility index (Phi) is 7.24. The molecule has 0 aliphatic heterocycles. The molecule has 4 aromatic heterocycles. The van der Waals surface area contributed by atoms with Crippen molar-refractivity contribution in [3.8, 4) is 56.4 Å². The van der Waals surface area contributed by atoms with Gasteiger partial charge in [0.05, 0.1) is 0 Å². The van der Waals surface area contributed by atoms with E-state index in [2.05, 4.69) is 115 Å². The van der Waals surface area contributed by atoms with Crippen LogP contribution >= 0.6 is 22.7 Å². The van der Waals surface area contributed by atoms with Crippen LogP contribution < -0.4 is 0 Å². The van der Waals surface area contributed by atoms with Crippen LogP contribution in [-0.4, -0.2) is 15.0 Å². The van der Waals surface area contributed by atoms with Gasteiger partial charge in [0.25, 0.3) is 0 Å². The zero-order chi connectivity index (χ0) is 37.5. The number of thiophene rings is 2. The molecule has 0 atom stereocenters. The van der Waals surface area contributed by atoms with Gasteiger partial charge in [-0.1, -0.05) is 140 Å². The molecule has 0 bridgehead atoms. The van der Waals surface area contributed by atoms with Crippen molar-refractivity contribution >= 4 is 85.0 Å². The first-order valence-electron chi connectivity index (χ1n) is 18.9. The molecule has 0 N–H and O–H groups in total.